The number of esters is 1. The third kappa shape index (κ3) is 5.52. The quantitative estimate of drug-likeness (QED) is 0.343. The van der Waals surface area contributed by atoms with Crippen molar-refractivity contribution in [2.75, 3.05) is 13.7 Å². The van der Waals surface area contributed by atoms with Gasteiger partial charge in [-0.2, -0.15) is 0 Å². The van der Waals surface area contributed by atoms with Gasteiger partial charge in [0.25, 0.3) is 0 Å². The molecule has 0 radical (unpaired) electrons. The van der Waals surface area contributed by atoms with Crippen LogP contribution in [0.1, 0.15) is 18.5 Å². The number of aromatic nitrogens is 3. The Bertz CT molecular complexity index is 1200. The van der Waals surface area contributed by atoms with Crippen molar-refractivity contribution in [2.24, 2.45) is 5.92 Å². The molecule has 3 aromatic rings. The van der Waals surface area contributed by atoms with E-state index in [2.05, 4.69) is 10.3 Å². The number of halogens is 3. The summed E-state index contributed by atoms with van der Waals surface area (Å²) in [7, 11) is 1.20. The average Bonchev–Trinajstić information content (AvgIpc) is 3.38. The van der Waals surface area contributed by atoms with Crippen molar-refractivity contribution in [3.8, 4) is 11.3 Å². The second-order valence-corrected chi connectivity index (χ2v) is 8.74. The second-order valence-electron chi connectivity index (χ2n) is 8.74. The summed E-state index contributed by atoms with van der Waals surface area (Å²) in [5, 5.41) is 28.7. The number of methoxy groups -OCH3 is 1. The zero-order valence-electron chi connectivity index (χ0n) is 20.0. The average molecular weight is 521 g/mol. The molecule has 4 rings (SSSR count). The lowest BCUT2D eigenvalue weighted by atomic mass is 9.83. The van der Waals surface area contributed by atoms with Gasteiger partial charge in [-0.15, -0.1) is 5.10 Å². The summed E-state index contributed by atoms with van der Waals surface area (Å²) in [5.74, 6) is -5.74. The summed E-state index contributed by atoms with van der Waals surface area (Å²) in [6.45, 7) is 1.18. The van der Waals surface area contributed by atoms with Crippen molar-refractivity contribution >= 4 is 5.97 Å². The summed E-state index contributed by atoms with van der Waals surface area (Å²) < 4.78 is 58.8. The third-order valence-electron chi connectivity index (χ3n) is 6.40. The summed E-state index contributed by atoms with van der Waals surface area (Å²) in [6.07, 6.45) is -3.28. The van der Waals surface area contributed by atoms with Crippen LogP contribution in [0.4, 0.5) is 13.2 Å². The maximum absolute atomic E-state index is 13.7. The maximum atomic E-state index is 13.7. The molecule has 198 valence electrons. The highest BCUT2D eigenvalue weighted by Crippen LogP contribution is 2.37. The second kappa shape index (κ2) is 11.4. The molecule has 0 amide bonds. The fraction of sp³-hybridized carbons (Fsp3) is 0.400. The summed E-state index contributed by atoms with van der Waals surface area (Å²) in [5.41, 5.74) is 0.756. The van der Waals surface area contributed by atoms with Gasteiger partial charge in [0, 0.05) is 11.5 Å². The van der Waals surface area contributed by atoms with Gasteiger partial charge in [-0.25, -0.2) is 22.6 Å². The summed E-state index contributed by atoms with van der Waals surface area (Å²) >= 11 is 0. The Hall–Kier alpha value is -3.32. The van der Waals surface area contributed by atoms with Crippen LogP contribution in [0.3, 0.4) is 0 Å². The van der Waals surface area contributed by atoms with Gasteiger partial charge < -0.3 is 24.4 Å². The van der Waals surface area contributed by atoms with Crippen LogP contribution < -0.4 is 0 Å². The minimum absolute atomic E-state index is 0.0191. The molecular weight excluding hydrogens is 495 g/mol. The molecule has 2 heterocycles. The fourth-order valence-corrected chi connectivity index (χ4v) is 4.46. The van der Waals surface area contributed by atoms with Gasteiger partial charge in [0.1, 0.15) is 17.9 Å². The monoisotopic (exact) mass is 521 g/mol. The van der Waals surface area contributed by atoms with Gasteiger partial charge in [0.05, 0.1) is 38.7 Å². The smallest absolute Gasteiger partial charge is 0.337 e. The van der Waals surface area contributed by atoms with Gasteiger partial charge in [0.2, 0.25) is 0 Å². The summed E-state index contributed by atoms with van der Waals surface area (Å²) in [6, 6.07) is 9.79. The molecule has 2 aromatic carbocycles. The van der Waals surface area contributed by atoms with Crippen molar-refractivity contribution in [3.05, 3.63) is 71.7 Å². The van der Waals surface area contributed by atoms with Crippen molar-refractivity contribution in [3.63, 3.8) is 0 Å². The Kier molecular flexibility index (Phi) is 8.22. The van der Waals surface area contributed by atoms with Crippen LogP contribution in [-0.4, -0.2) is 69.3 Å². The lowest BCUT2D eigenvalue weighted by molar-refractivity contribution is -0.222. The van der Waals surface area contributed by atoms with Crippen LogP contribution in [0.2, 0.25) is 0 Å². The lowest BCUT2D eigenvalue weighted by Crippen LogP contribution is -2.57. The Morgan fingerprint density at radius 1 is 1.19 bits per heavy atom. The first kappa shape index (κ1) is 26.7. The molecule has 2 N–H and O–H groups in total. The number of carbonyl (C=O) groups is 1. The first-order chi connectivity index (χ1) is 17.7. The topological polar surface area (TPSA) is 116 Å². The van der Waals surface area contributed by atoms with Crippen LogP contribution in [0.5, 0.6) is 0 Å². The molecule has 9 nitrogen and oxygen atoms in total. The molecule has 1 saturated heterocycles. The van der Waals surface area contributed by atoms with E-state index in [-0.39, 0.29) is 17.9 Å². The van der Waals surface area contributed by atoms with E-state index < -0.39 is 66.4 Å². The number of carbonyl (C=O) groups excluding carboxylic acids is 1. The number of aliphatic hydroxyl groups excluding tert-OH is 2. The minimum Gasteiger partial charge on any atom is -0.467 e. The number of benzene rings is 2. The first-order valence-electron chi connectivity index (χ1n) is 11.5. The number of hydrogen-bond donors (Lipinski definition) is 2. The zero-order chi connectivity index (χ0) is 26.7. The number of rotatable bonds is 8. The van der Waals surface area contributed by atoms with Gasteiger partial charge in [0.15, 0.2) is 23.6 Å². The minimum atomic E-state index is -1.61. The molecule has 1 aliphatic rings. The maximum Gasteiger partial charge on any atom is 0.337 e. The van der Waals surface area contributed by atoms with E-state index in [1.807, 2.05) is 30.3 Å². The fourth-order valence-electron chi connectivity index (χ4n) is 4.46. The van der Waals surface area contributed by atoms with E-state index in [9.17, 15) is 28.2 Å². The third-order valence-corrected chi connectivity index (χ3v) is 6.40. The standard InChI is InChI=1S/C25H26F3N3O6/c1-13-21(31-10-18(29-30-31)15-8-16(26)20(28)17(27)9-15)22(33)19(11-32)37-23(13)24(25(34)35-2)36-12-14-6-4-3-5-7-14/h3-10,13,19,21-24,32-33H,11-12H2,1-2H3/t13?,19?,21-,22+,23-,24+/m1/s1. The van der Waals surface area contributed by atoms with Crippen LogP contribution >= 0.6 is 0 Å². The Morgan fingerprint density at radius 2 is 1.86 bits per heavy atom. The van der Waals surface area contributed by atoms with E-state index in [0.717, 1.165) is 17.7 Å². The summed E-state index contributed by atoms with van der Waals surface area (Å²) in [4.78, 5) is 12.7. The van der Waals surface area contributed by atoms with Crippen LogP contribution in [0.25, 0.3) is 11.3 Å². The highest BCUT2D eigenvalue weighted by atomic mass is 19.2. The van der Waals surface area contributed by atoms with Gasteiger partial charge in [-0.3, -0.25) is 0 Å². The van der Waals surface area contributed by atoms with Crippen LogP contribution in [0, 0.1) is 23.4 Å². The molecule has 0 saturated carbocycles. The van der Waals surface area contributed by atoms with Crippen molar-refractivity contribution in [1.29, 1.82) is 0 Å². The van der Waals surface area contributed by atoms with Crippen LogP contribution in [-0.2, 0) is 25.6 Å². The molecule has 0 spiro atoms. The van der Waals surface area contributed by atoms with E-state index in [1.54, 1.807) is 6.92 Å². The number of aliphatic hydroxyl groups is 2. The molecule has 12 heteroatoms. The Morgan fingerprint density at radius 3 is 2.49 bits per heavy atom. The number of hydrogen-bond acceptors (Lipinski definition) is 8. The van der Waals surface area contributed by atoms with E-state index in [1.165, 1.54) is 18.0 Å². The van der Waals surface area contributed by atoms with Crippen molar-refractivity contribution < 1.29 is 42.4 Å². The van der Waals surface area contributed by atoms with E-state index in [0.29, 0.717) is 0 Å². The van der Waals surface area contributed by atoms with Gasteiger partial charge >= 0.3 is 5.97 Å². The first-order valence-corrected chi connectivity index (χ1v) is 11.5. The largest absolute Gasteiger partial charge is 0.467 e. The SMILES string of the molecule is COC(=O)[C@@H](OCc1ccccc1)[C@@H]1OC(CO)[C@H](O)[C@H](n2cc(-c3cc(F)c(F)c(F)c3)nn2)C1C. The van der Waals surface area contributed by atoms with Crippen molar-refractivity contribution in [2.45, 2.75) is 44.0 Å². The zero-order valence-corrected chi connectivity index (χ0v) is 20.0. The number of nitrogens with zero attached hydrogens (tertiary/aromatic N) is 3. The Balaban J connectivity index is 1.64. The lowest BCUT2D eigenvalue weighted by Gasteiger charge is -2.44. The van der Waals surface area contributed by atoms with Crippen LogP contribution in [0.15, 0.2) is 48.7 Å². The van der Waals surface area contributed by atoms with E-state index >= 15 is 0 Å². The molecule has 2 unspecified atom stereocenters. The molecule has 0 aliphatic carbocycles. The number of ether oxygens (including phenoxy) is 3. The predicted molar refractivity (Wildman–Crippen MR) is 122 cm³/mol. The highest BCUT2D eigenvalue weighted by Gasteiger charge is 2.49. The van der Waals surface area contributed by atoms with Gasteiger partial charge in [-0.05, 0) is 17.7 Å². The molecular formula is C25H26F3N3O6. The predicted octanol–water partition coefficient (Wildman–Crippen LogP) is 2.42. The Labute approximate surface area is 210 Å². The molecule has 37 heavy (non-hydrogen) atoms. The van der Waals surface area contributed by atoms with E-state index in [4.69, 9.17) is 14.2 Å². The van der Waals surface area contributed by atoms with Crippen molar-refractivity contribution in [1.82, 2.24) is 15.0 Å². The molecule has 1 aliphatic heterocycles. The molecule has 1 fully saturated rings. The molecule has 1 aromatic heterocycles. The normalized spacial score (nSPS) is 24.6. The molecule has 6 atom stereocenters. The molecule has 0 bridgehead atoms. The highest BCUT2D eigenvalue weighted by molar-refractivity contribution is 5.75. The van der Waals surface area contributed by atoms with Gasteiger partial charge in [-0.1, -0.05) is 42.5 Å².